The number of anilines is 1. The van der Waals surface area contributed by atoms with Crippen molar-refractivity contribution in [2.24, 2.45) is 0 Å². The Bertz CT molecular complexity index is 645. The molecule has 0 aromatic heterocycles. The average Bonchev–Trinajstić information content (AvgIpc) is 2.81. The van der Waals surface area contributed by atoms with Crippen LogP contribution in [0.3, 0.4) is 0 Å². The first kappa shape index (κ1) is 14.6. The smallest absolute Gasteiger partial charge is 0.254 e. The number of nitrogens with zero attached hydrogens (tertiary/aromatic N) is 2. The van der Waals surface area contributed by atoms with Gasteiger partial charge in [-0.3, -0.25) is 4.79 Å². The van der Waals surface area contributed by atoms with Gasteiger partial charge in [0.2, 0.25) is 0 Å². The van der Waals surface area contributed by atoms with E-state index >= 15 is 0 Å². The lowest BCUT2D eigenvalue weighted by molar-refractivity contribution is 0.0766. The zero-order valence-corrected chi connectivity index (χ0v) is 12.4. The van der Waals surface area contributed by atoms with E-state index in [1.165, 1.54) is 17.8 Å². The summed E-state index contributed by atoms with van der Waals surface area (Å²) in [6, 6.07) is 16.1. The standard InChI is InChI=1S/C18H19FN2O/c19-16-7-4-6-15(14-16)18(22)21-11-5-10-20(12-13-21)17-8-2-1-3-9-17/h1-4,6-9,14H,5,10-13H2. The first-order chi connectivity index (χ1) is 10.7. The van der Waals surface area contributed by atoms with Gasteiger partial charge in [-0.25, -0.2) is 4.39 Å². The SMILES string of the molecule is O=C(c1cccc(F)c1)N1CCCN(c2ccccc2)CC1. The third-order valence-electron chi connectivity index (χ3n) is 3.98. The second-order valence-corrected chi connectivity index (χ2v) is 5.48. The molecular weight excluding hydrogens is 279 g/mol. The fourth-order valence-corrected chi connectivity index (χ4v) is 2.82. The molecule has 1 aliphatic heterocycles. The van der Waals surface area contributed by atoms with E-state index in [1.54, 1.807) is 12.1 Å². The molecule has 0 spiro atoms. The lowest BCUT2D eigenvalue weighted by atomic mass is 10.2. The van der Waals surface area contributed by atoms with Crippen molar-refractivity contribution in [1.29, 1.82) is 0 Å². The van der Waals surface area contributed by atoms with E-state index in [9.17, 15) is 9.18 Å². The molecule has 0 aliphatic carbocycles. The summed E-state index contributed by atoms with van der Waals surface area (Å²) in [6.45, 7) is 3.09. The minimum absolute atomic E-state index is 0.0885. The Morgan fingerprint density at radius 2 is 1.73 bits per heavy atom. The highest BCUT2D eigenvalue weighted by atomic mass is 19.1. The van der Waals surface area contributed by atoms with Crippen molar-refractivity contribution >= 4 is 11.6 Å². The summed E-state index contributed by atoms with van der Waals surface area (Å²) in [7, 11) is 0. The number of hydrogen-bond donors (Lipinski definition) is 0. The minimum atomic E-state index is -0.369. The number of halogens is 1. The zero-order chi connectivity index (χ0) is 15.4. The quantitative estimate of drug-likeness (QED) is 0.850. The molecule has 2 aromatic carbocycles. The van der Waals surface area contributed by atoms with Crippen molar-refractivity contribution < 1.29 is 9.18 Å². The molecule has 22 heavy (non-hydrogen) atoms. The van der Waals surface area contributed by atoms with E-state index < -0.39 is 0 Å². The first-order valence-corrected chi connectivity index (χ1v) is 7.59. The summed E-state index contributed by atoms with van der Waals surface area (Å²) in [5.74, 6) is -0.457. The van der Waals surface area contributed by atoms with E-state index in [4.69, 9.17) is 0 Å². The molecule has 3 rings (SSSR count). The summed E-state index contributed by atoms with van der Waals surface area (Å²) in [6.07, 6.45) is 0.913. The van der Waals surface area contributed by atoms with Crippen LogP contribution in [0.2, 0.25) is 0 Å². The average molecular weight is 298 g/mol. The monoisotopic (exact) mass is 298 g/mol. The van der Waals surface area contributed by atoms with Gasteiger partial charge in [0, 0.05) is 37.4 Å². The Hall–Kier alpha value is -2.36. The molecule has 2 aromatic rings. The molecule has 1 saturated heterocycles. The van der Waals surface area contributed by atoms with Gasteiger partial charge < -0.3 is 9.80 Å². The molecule has 0 radical (unpaired) electrons. The molecular formula is C18H19FN2O. The number of para-hydroxylation sites is 1. The summed E-state index contributed by atoms with van der Waals surface area (Å²) in [5.41, 5.74) is 1.61. The number of benzene rings is 2. The van der Waals surface area contributed by atoms with Crippen molar-refractivity contribution in [2.75, 3.05) is 31.1 Å². The Kier molecular flexibility index (Phi) is 4.37. The molecule has 1 amide bonds. The van der Waals surface area contributed by atoms with Crippen LogP contribution >= 0.6 is 0 Å². The van der Waals surface area contributed by atoms with Crippen molar-refractivity contribution in [2.45, 2.75) is 6.42 Å². The van der Waals surface area contributed by atoms with Crippen LogP contribution in [0, 0.1) is 5.82 Å². The number of carbonyl (C=O) groups excluding carboxylic acids is 1. The predicted octanol–water partition coefficient (Wildman–Crippen LogP) is 3.18. The summed E-state index contributed by atoms with van der Waals surface area (Å²) in [5, 5.41) is 0. The van der Waals surface area contributed by atoms with Gasteiger partial charge in [-0.05, 0) is 36.8 Å². The summed E-state index contributed by atoms with van der Waals surface area (Å²) >= 11 is 0. The molecule has 0 N–H and O–H groups in total. The van der Waals surface area contributed by atoms with Gasteiger partial charge >= 0.3 is 0 Å². The van der Waals surface area contributed by atoms with Crippen LogP contribution in [0.5, 0.6) is 0 Å². The zero-order valence-electron chi connectivity index (χ0n) is 12.4. The summed E-state index contributed by atoms with van der Waals surface area (Å²) in [4.78, 5) is 16.6. The number of rotatable bonds is 2. The van der Waals surface area contributed by atoms with Gasteiger partial charge in [-0.15, -0.1) is 0 Å². The van der Waals surface area contributed by atoms with Gasteiger partial charge in [0.25, 0.3) is 5.91 Å². The lowest BCUT2D eigenvalue weighted by Gasteiger charge is -2.23. The van der Waals surface area contributed by atoms with Gasteiger partial charge in [-0.1, -0.05) is 24.3 Å². The van der Waals surface area contributed by atoms with Crippen LogP contribution < -0.4 is 4.90 Å². The highest BCUT2D eigenvalue weighted by Gasteiger charge is 2.20. The number of carbonyl (C=O) groups is 1. The molecule has 114 valence electrons. The molecule has 3 nitrogen and oxygen atoms in total. The van der Waals surface area contributed by atoms with E-state index in [-0.39, 0.29) is 11.7 Å². The highest BCUT2D eigenvalue weighted by Crippen LogP contribution is 2.17. The Balaban J connectivity index is 1.69. The normalized spacial score (nSPS) is 15.5. The number of hydrogen-bond acceptors (Lipinski definition) is 2. The summed E-state index contributed by atoms with van der Waals surface area (Å²) < 4.78 is 13.3. The molecule has 0 unspecified atom stereocenters. The van der Waals surface area contributed by atoms with Gasteiger partial charge in [0.05, 0.1) is 0 Å². The maximum Gasteiger partial charge on any atom is 0.254 e. The van der Waals surface area contributed by atoms with Gasteiger partial charge in [0.15, 0.2) is 0 Å². The van der Waals surface area contributed by atoms with Crippen LogP contribution in [0.1, 0.15) is 16.8 Å². The van der Waals surface area contributed by atoms with Crippen molar-refractivity contribution in [3.8, 4) is 0 Å². The Morgan fingerprint density at radius 1 is 0.909 bits per heavy atom. The van der Waals surface area contributed by atoms with E-state index in [1.807, 2.05) is 23.1 Å². The molecule has 0 saturated carbocycles. The Labute approximate surface area is 130 Å². The molecule has 1 aliphatic rings. The second-order valence-electron chi connectivity index (χ2n) is 5.48. The van der Waals surface area contributed by atoms with Crippen LogP contribution in [-0.4, -0.2) is 37.0 Å². The molecule has 4 heteroatoms. The maximum atomic E-state index is 13.3. The topological polar surface area (TPSA) is 23.6 Å². The van der Waals surface area contributed by atoms with Crippen LogP contribution in [-0.2, 0) is 0 Å². The van der Waals surface area contributed by atoms with Crippen LogP contribution in [0.15, 0.2) is 54.6 Å². The predicted molar refractivity (Wildman–Crippen MR) is 85.6 cm³/mol. The fraction of sp³-hybridized carbons (Fsp3) is 0.278. The van der Waals surface area contributed by atoms with Crippen molar-refractivity contribution in [3.63, 3.8) is 0 Å². The van der Waals surface area contributed by atoms with E-state index in [0.717, 1.165) is 19.5 Å². The Morgan fingerprint density at radius 3 is 2.50 bits per heavy atom. The third kappa shape index (κ3) is 3.27. The van der Waals surface area contributed by atoms with Crippen molar-refractivity contribution in [1.82, 2.24) is 4.90 Å². The van der Waals surface area contributed by atoms with Crippen LogP contribution in [0.25, 0.3) is 0 Å². The minimum Gasteiger partial charge on any atom is -0.370 e. The molecule has 0 atom stereocenters. The molecule has 1 fully saturated rings. The van der Waals surface area contributed by atoms with Crippen LogP contribution in [0.4, 0.5) is 10.1 Å². The van der Waals surface area contributed by atoms with Gasteiger partial charge in [-0.2, -0.15) is 0 Å². The molecule has 0 bridgehead atoms. The molecule has 1 heterocycles. The van der Waals surface area contributed by atoms with Crippen molar-refractivity contribution in [3.05, 3.63) is 66.0 Å². The first-order valence-electron chi connectivity index (χ1n) is 7.59. The number of amides is 1. The highest BCUT2D eigenvalue weighted by molar-refractivity contribution is 5.94. The van der Waals surface area contributed by atoms with E-state index in [2.05, 4.69) is 17.0 Å². The largest absolute Gasteiger partial charge is 0.370 e. The fourth-order valence-electron chi connectivity index (χ4n) is 2.82. The lowest BCUT2D eigenvalue weighted by Crippen LogP contribution is -2.35. The third-order valence-corrected chi connectivity index (χ3v) is 3.98. The maximum absolute atomic E-state index is 13.3. The second kappa shape index (κ2) is 6.60. The van der Waals surface area contributed by atoms with Gasteiger partial charge in [0.1, 0.15) is 5.82 Å². The van der Waals surface area contributed by atoms with E-state index in [0.29, 0.717) is 18.7 Å².